The Bertz CT molecular complexity index is 3340. The molecule has 2 aliphatic carbocycles. The van der Waals surface area contributed by atoms with Crippen LogP contribution in [0.5, 0.6) is 0 Å². The first-order valence-electron chi connectivity index (χ1n) is 24.5. The van der Waals surface area contributed by atoms with E-state index in [1.54, 1.807) is 0 Å². The molecule has 0 atom stereocenters. The summed E-state index contributed by atoms with van der Waals surface area (Å²) < 4.78 is 2.40. The molecule has 3 heteroatoms. The van der Waals surface area contributed by atoms with Crippen molar-refractivity contribution in [1.82, 2.24) is 4.57 Å². The van der Waals surface area contributed by atoms with Gasteiger partial charge >= 0.3 is 0 Å². The second-order valence-electron chi connectivity index (χ2n) is 17.9. The number of hydrogen-bond acceptors (Lipinski definition) is 2. The van der Waals surface area contributed by atoms with Crippen LogP contribution in [0.3, 0.4) is 0 Å². The molecule has 0 fully saturated rings. The normalized spacial score (nSPS) is 12.1. The fraction of sp³-hybridized carbons (Fsp3) is 0.134. The van der Waals surface area contributed by atoms with Crippen LogP contribution in [-0.2, 0) is 6.42 Å². The summed E-state index contributed by atoms with van der Waals surface area (Å²) in [6.07, 6.45) is 5.60. The van der Waals surface area contributed by atoms with Crippen LogP contribution in [0.15, 0.2) is 230 Å². The van der Waals surface area contributed by atoms with Gasteiger partial charge in [0.15, 0.2) is 0 Å². The summed E-state index contributed by atoms with van der Waals surface area (Å²) in [6, 6.07) is 79.1. The lowest BCUT2D eigenvalue weighted by Gasteiger charge is -2.21. The standard InChI is InChI=1S/C51H39N.2C7H8.C2H6.H2S2/c1-33-21-23-38(30-47(33)48-31-39(24-22-34(48)2)40-25-26-42-28-41-11-3-4-16-44(41)49(42)32-40)36-13-9-12-35(27-36)37-14-10-15-43(29-37)52-50-19-7-5-17-45(50)46-18-6-8-20-51(46)52;2*1-7-5-3-2-4-6-7;2*1-2/h3-20,22,24-27,29-32H,21,23,28H2,1-2H3;2*2-6H,1H3;1-2H3;1-2H. The van der Waals surface area contributed by atoms with E-state index in [4.69, 9.17) is 0 Å². The van der Waals surface area contributed by atoms with Crippen molar-refractivity contribution in [3.05, 3.63) is 269 Å². The van der Waals surface area contributed by atoms with E-state index in [2.05, 4.69) is 244 Å². The number of benzene rings is 9. The molecule has 0 N–H and O–H groups in total. The average molecular weight is 946 g/mol. The number of thiol groups is 2. The third-order valence-corrected chi connectivity index (χ3v) is 13.3. The lowest BCUT2D eigenvalue weighted by atomic mass is 9.83. The highest BCUT2D eigenvalue weighted by atomic mass is 33.1. The molecule has 1 aromatic heterocycles. The first kappa shape index (κ1) is 49.4. The van der Waals surface area contributed by atoms with E-state index in [1.165, 1.54) is 117 Å². The topological polar surface area (TPSA) is 4.93 Å². The van der Waals surface area contributed by atoms with Crippen molar-refractivity contribution < 1.29 is 0 Å². The number of aromatic nitrogens is 1. The lowest BCUT2D eigenvalue weighted by molar-refractivity contribution is 0.982. The van der Waals surface area contributed by atoms with E-state index in [0.29, 0.717) is 0 Å². The molecule has 10 aromatic rings. The van der Waals surface area contributed by atoms with Gasteiger partial charge in [-0.15, -0.1) is 23.3 Å². The molecule has 348 valence electrons. The van der Waals surface area contributed by atoms with Gasteiger partial charge in [-0.1, -0.05) is 213 Å². The second kappa shape index (κ2) is 23.5. The Morgan fingerprint density at radius 1 is 0.386 bits per heavy atom. The fourth-order valence-electron chi connectivity index (χ4n) is 9.75. The molecule has 70 heavy (non-hydrogen) atoms. The SMILES string of the molecule is CC.CC1=C(c2cc(-c3ccc4c(c3)-c3ccccc3C4)ccc2C)C=C(c2cccc(-c3cccc(-n4c5ccccc5c5ccccc54)c3)c2)CC1.Cc1ccccc1.Cc1ccccc1.SS. The third kappa shape index (κ3) is 11.0. The Labute approximate surface area is 427 Å². The second-order valence-corrected chi connectivity index (χ2v) is 17.9. The molecule has 0 saturated heterocycles. The van der Waals surface area contributed by atoms with Crippen LogP contribution >= 0.6 is 23.3 Å². The van der Waals surface area contributed by atoms with E-state index in [1.807, 2.05) is 50.2 Å². The van der Waals surface area contributed by atoms with Crippen molar-refractivity contribution in [3.8, 4) is 39.1 Å². The van der Waals surface area contributed by atoms with Gasteiger partial charge in [0, 0.05) is 16.5 Å². The number of nitrogens with zero attached hydrogens (tertiary/aromatic N) is 1. The Morgan fingerprint density at radius 3 is 1.51 bits per heavy atom. The smallest absolute Gasteiger partial charge is 0.0541 e. The zero-order valence-electron chi connectivity index (χ0n) is 41.3. The number of rotatable bonds is 5. The molecule has 0 saturated carbocycles. The Hall–Kier alpha value is -7.04. The molecule has 0 aliphatic heterocycles. The Balaban J connectivity index is 0.000000311. The molecule has 9 aromatic carbocycles. The van der Waals surface area contributed by atoms with Crippen LogP contribution in [0, 0.1) is 20.8 Å². The zero-order valence-corrected chi connectivity index (χ0v) is 43.1. The molecule has 0 amide bonds. The highest BCUT2D eigenvalue weighted by Gasteiger charge is 2.20. The molecule has 1 nitrogen and oxygen atoms in total. The summed E-state index contributed by atoms with van der Waals surface area (Å²) in [5.41, 5.74) is 25.1. The van der Waals surface area contributed by atoms with Crippen molar-refractivity contribution in [2.24, 2.45) is 0 Å². The maximum atomic E-state index is 3.22. The van der Waals surface area contributed by atoms with Gasteiger partial charge in [0.2, 0.25) is 0 Å². The van der Waals surface area contributed by atoms with E-state index in [-0.39, 0.29) is 0 Å². The van der Waals surface area contributed by atoms with Crippen LogP contribution in [0.2, 0.25) is 0 Å². The molecule has 12 rings (SSSR count). The molecule has 0 bridgehead atoms. The van der Waals surface area contributed by atoms with Gasteiger partial charge < -0.3 is 4.57 Å². The summed E-state index contributed by atoms with van der Waals surface area (Å²) in [4.78, 5) is 0. The zero-order chi connectivity index (χ0) is 49.0. The van der Waals surface area contributed by atoms with Gasteiger partial charge in [-0.2, -0.15) is 0 Å². The fourth-order valence-corrected chi connectivity index (χ4v) is 9.75. The molecule has 1 heterocycles. The number of allylic oxidation sites excluding steroid dienone is 4. The third-order valence-electron chi connectivity index (χ3n) is 13.3. The first-order valence-corrected chi connectivity index (χ1v) is 26.1. The van der Waals surface area contributed by atoms with Crippen LogP contribution in [-0.4, -0.2) is 4.57 Å². The summed E-state index contributed by atoms with van der Waals surface area (Å²) in [7, 11) is 0. The van der Waals surface area contributed by atoms with Crippen LogP contribution in [0.1, 0.15) is 72.6 Å². The molecule has 0 unspecified atom stereocenters. The predicted molar refractivity (Wildman–Crippen MR) is 313 cm³/mol. The Kier molecular flexibility index (Phi) is 16.6. The largest absolute Gasteiger partial charge is 0.309 e. The Morgan fingerprint density at radius 2 is 0.886 bits per heavy atom. The van der Waals surface area contributed by atoms with E-state index in [9.17, 15) is 0 Å². The molecule has 0 spiro atoms. The van der Waals surface area contributed by atoms with Crippen LogP contribution in [0.4, 0.5) is 0 Å². The maximum absolute atomic E-state index is 3.22. The van der Waals surface area contributed by atoms with Crippen LogP contribution in [0.25, 0.3) is 72.0 Å². The molecule has 0 radical (unpaired) electrons. The van der Waals surface area contributed by atoms with Gasteiger partial charge in [-0.05, 0) is 162 Å². The van der Waals surface area contributed by atoms with Crippen molar-refractivity contribution in [2.75, 3.05) is 0 Å². The van der Waals surface area contributed by atoms with Crippen LogP contribution < -0.4 is 0 Å². The van der Waals surface area contributed by atoms with Gasteiger partial charge in [0.05, 0.1) is 11.0 Å². The summed E-state index contributed by atoms with van der Waals surface area (Å²) >= 11 is 6.44. The summed E-state index contributed by atoms with van der Waals surface area (Å²) in [5.74, 6) is 0. The van der Waals surface area contributed by atoms with Gasteiger partial charge in [0.25, 0.3) is 0 Å². The van der Waals surface area contributed by atoms with Gasteiger partial charge in [0.1, 0.15) is 0 Å². The number of hydrogen-bond donors (Lipinski definition) is 2. The molecule has 2 aliphatic rings. The minimum absolute atomic E-state index is 1.03. The number of para-hydroxylation sites is 2. The highest BCUT2D eigenvalue weighted by Crippen LogP contribution is 2.42. The van der Waals surface area contributed by atoms with E-state index < -0.39 is 0 Å². The average Bonchev–Trinajstić information content (AvgIpc) is 3.97. The number of fused-ring (bicyclic) bond motifs is 6. The molecular weight excluding hydrogens is 883 g/mol. The van der Waals surface area contributed by atoms with Crippen molar-refractivity contribution in [1.29, 1.82) is 0 Å². The monoisotopic (exact) mass is 945 g/mol. The first-order chi connectivity index (χ1) is 34.4. The van der Waals surface area contributed by atoms with Crippen molar-refractivity contribution in [3.63, 3.8) is 0 Å². The van der Waals surface area contributed by atoms with Crippen molar-refractivity contribution >= 4 is 56.3 Å². The van der Waals surface area contributed by atoms with Crippen molar-refractivity contribution in [2.45, 2.75) is 60.8 Å². The molecular formula is C67H63NS2. The van der Waals surface area contributed by atoms with Gasteiger partial charge in [-0.25, -0.2) is 0 Å². The maximum Gasteiger partial charge on any atom is 0.0541 e. The van der Waals surface area contributed by atoms with E-state index >= 15 is 0 Å². The highest BCUT2D eigenvalue weighted by molar-refractivity contribution is 8.59. The summed E-state index contributed by atoms with van der Waals surface area (Å²) in [5, 5.41) is 2.57. The number of aryl methyl sites for hydroxylation is 3. The minimum Gasteiger partial charge on any atom is -0.309 e. The summed E-state index contributed by atoms with van der Waals surface area (Å²) in [6.45, 7) is 12.7. The quantitative estimate of drug-likeness (QED) is 0.125. The lowest BCUT2D eigenvalue weighted by Crippen LogP contribution is -2.00. The van der Waals surface area contributed by atoms with E-state index in [0.717, 1.165) is 19.3 Å². The predicted octanol–water partition coefficient (Wildman–Crippen LogP) is 19.4. The minimum atomic E-state index is 1.03. The van der Waals surface area contributed by atoms with Gasteiger partial charge in [-0.3, -0.25) is 0 Å².